The highest BCUT2D eigenvalue weighted by Gasteiger charge is 2.34. The predicted octanol–water partition coefficient (Wildman–Crippen LogP) is 5.38. The summed E-state index contributed by atoms with van der Waals surface area (Å²) in [6.45, 7) is 9.11. The summed E-state index contributed by atoms with van der Waals surface area (Å²) < 4.78 is 35.1. The Balaban J connectivity index is 2.04. The standard InChI is InChI=1S/C32H41N3O5S2/c1-7-40-29-16-12-11-15-28(29)35(42(38,39)27-19-17-26(41-6)18-20-27)23-30(36)34(22-21-25-13-9-8-10-14-25)24(2)31(37)33-32(3,4)5/h8-20,24H,7,21-23H2,1-6H3,(H,33,37). The topological polar surface area (TPSA) is 96.0 Å². The fourth-order valence-corrected chi connectivity index (χ4v) is 6.21. The number of hydrogen-bond donors (Lipinski definition) is 1. The molecular formula is C32H41N3O5S2. The van der Waals surface area contributed by atoms with Crippen LogP contribution in [-0.4, -0.2) is 62.7 Å². The van der Waals surface area contributed by atoms with Crippen molar-refractivity contribution in [3.05, 3.63) is 84.4 Å². The Kier molecular flexibility index (Phi) is 11.5. The zero-order valence-electron chi connectivity index (χ0n) is 25.2. The van der Waals surface area contributed by atoms with Gasteiger partial charge in [0.2, 0.25) is 11.8 Å². The smallest absolute Gasteiger partial charge is 0.264 e. The van der Waals surface area contributed by atoms with E-state index in [1.54, 1.807) is 43.3 Å². The van der Waals surface area contributed by atoms with E-state index in [0.29, 0.717) is 18.8 Å². The summed E-state index contributed by atoms with van der Waals surface area (Å²) in [6, 6.07) is 22.1. The van der Waals surface area contributed by atoms with E-state index < -0.39 is 34.1 Å². The van der Waals surface area contributed by atoms with Crippen LogP contribution < -0.4 is 14.4 Å². The quantitative estimate of drug-likeness (QED) is 0.261. The number of nitrogens with one attached hydrogen (secondary N) is 1. The first-order valence-corrected chi connectivity index (χ1v) is 16.6. The monoisotopic (exact) mass is 611 g/mol. The summed E-state index contributed by atoms with van der Waals surface area (Å²) >= 11 is 1.50. The summed E-state index contributed by atoms with van der Waals surface area (Å²) in [7, 11) is -4.19. The number of hydrogen-bond acceptors (Lipinski definition) is 6. The lowest BCUT2D eigenvalue weighted by atomic mass is 10.1. The maximum absolute atomic E-state index is 14.1. The average molecular weight is 612 g/mol. The van der Waals surface area contributed by atoms with Gasteiger partial charge in [-0.1, -0.05) is 42.5 Å². The Morgan fingerprint density at radius 1 is 0.952 bits per heavy atom. The van der Waals surface area contributed by atoms with Crippen LogP contribution in [0.1, 0.15) is 40.2 Å². The molecule has 8 nitrogen and oxygen atoms in total. The Morgan fingerprint density at radius 3 is 2.17 bits per heavy atom. The van der Waals surface area contributed by atoms with E-state index >= 15 is 0 Å². The minimum absolute atomic E-state index is 0.0498. The molecule has 3 aromatic rings. The third-order valence-electron chi connectivity index (χ3n) is 6.51. The van der Waals surface area contributed by atoms with Crippen LogP contribution in [0.25, 0.3) is 0 Å². The molecule has 0 spiro atoms. The number of ether oxygens (including phenoxy) is 1. The number of para-hydroxylation sites is 2. The number of benzene rings is 3. The fourth-order valence-electron chi connectivity index (χ4n) is 4.37. The van der Waals surface area contributed by atoms with E-state index in [1.165, 1.54) is 28.8 Å². The molecular weight excluding hydrogens is 571 g/mol. The number of anilines is 1. The molecule has 0 fully saturated rings. The molecule has 0 heterocycles. The van der Waals surface area contributed by atoms with Crippen LogP contribution in [0, 0.1) is 0 Å². The Bertz CT molecular complexity index is 1440. The first-order chi connectivity index (χ1) is 19.9. The van der Waals surface area contributed by atoms with Crippen molar-refractivity contribution >= 4 is 39.3 Å². The third-order valence-corrected chi connectivity index (χ3v) is 9.03. The summed E-state index contributed by atoms with van der Waals surface area (Å²) in [4.78, 5) is 29.8. The van der Waals surface area contributed by atoms with Gasteiger partial charge in [0.15, 0.2) is 0 Å². The number of amides is 2. The molecule has 10 heteroatoms. The Hall–Kier alpha value is -3.50. The molecule has 0 aliphatic carbocycles. The molecule has 0 radical (unpaired) electrons. The minimum atomic E-state index is -4.19. The molecule has 0 saturated heterocycles. The molecule has 0 bridgehead atoms. The number of sulfonamides is 1. The van der Waals surface area contributed by atoms with Gasteiger partial charge in [-0.05, 0) is 89.3 Å². The van der Waals surface area contributed by atoms with Crippen LogP contribution in [0.4, 0.5) is 5.69 Å². The van der Waals surface area contributed by atoms with Gasteiger partial charge in [-0.3, -0.25) is 13.9 Å². The van der Waals surface area contributed by atoms with E-state index in [0.717, 1.165) is 14.8 Å². The lowest BCUT2D eigenvalue weighted by Gasteiger charge is -2.33. The molecule has 1 atom stereocenters. The summed E-state index contributed by atoms with van der Waals surface area (Å²) in [5.41, 5.74) is 0.740. The molecule has 2 amide bonds. The Morgan fingerprint density at radius 2 is 1.57 bits per heavy atom. The first-order valence-electron chi connectivity index (χ1n) is 13.9. The van der Waals surface area contributed by atoms with E-state index in [1.807, 2.05) is 64.3 Å². The van der Waals surface area contributed by atoms with Gasteiger partial charge in [-0.15, -0.1) is 11.8 Å². The van der Waals surface area contributed by atoms with Gasteiger partial charge in [-0.25, -0.2) is 8.42 Å². The van der Waals surface area contributed by atoms with Crippen LogP contribution in [0.15, 0.2) is 88.7 Å². The lowest BCUT2D eigenvalue weighted by Crippen LogP contribution is -2.55. The van der Waals surface area contributed by atoms with Gasteiger partial charge < -0.3 is 15.0 Å². The van der Waals surface area contributed by atoms with Gasteiger partial charge in [0.05, 0.1) is 17.2 Å². The van der Waals surface area contributed by atoms with Gasteiger partial charge in [0.25, 0.3) is 10.0 Å². The second-order valence-corrected chi connectivity index (χ2v) is 13.6. The maximum atomic E-state index is 14.1. The largest absolute Gasteiger partial charge is 0.492 e. The summed E-state index contributed by atoms with van der Waals surface area (Å²) in [5.74, 6) is -0.481. The molecule has 1 N–H and O–H groups in total. The third kappa shape index (κ3) is 8.75. The highest BCUT2D eigenvalue weighted by Crippen LogP contribution is 2.33. The molecule has 226 valence electrons. The molecule has 0 aliphatic rings. The van der Waals surface area contributed by atoms with E-state index in [-0.39, 0.29) is 23.0 Å². The SMILES string of the molecule is CCOc1ccccc1N(CC(=O)N(CCc1ccccc1)C(C)C(=O)NC(C)(C)C)S(=O)(=O)c1ccc(SC)cc1. The number of rotatable bonds is 13. The van der Waals surface area contributed by atoms with E-state index in [4.69, 9.17) is 4.74 Å². The average Bonchev–Trinajstić information content (AvgIpc) is 2.96. The van der Waals surface area contributed by atoms with Crippen molar-refractivity contribution in [2.75, 3.05) is 30.3 Å². The van der Waals surface area contributed by atoms with Crippen LogP contribution >= 0.6 is 11.8 Å². The van der Waals surface area contributed by atoms with Crippen molar-refractivity contribution in [1.82, 2.24) is 10.2 Å². The van der Waals surface area contributed by atoms with Crippen molar-refractivity contribution in [2.45, 2.75) is 62.4 Å². The highest BCUT2D eigenvalue weighted by atomic mass is 32.2. The number of carbonyl (C=O) groups is 2. The Labute approximate surface area is 254 Å². The molecule has 3 rings (SSSR count). The number of carbonyl (C=O) groups excluding carboxylic acids is 2. The molecule has 1 unspecified atom stereocenters. The maximum Gasteiger partial charge on any atom is 0.264 e. The van der Waals surface area contributed by atoms with Crippen molar-refractivity contribution in [1.29, 1.82) is 0 Å². The first kappa shape index (κ1) is 33.0. The molecule has 0 aliphatic heterocycles. The van der Waals surface area contributed by atoms with Crippen LogP contribution in [0.3, 0.4) is 0 Å². The van der Waals surface area contributed by atoms with Gasteiger partial charge in [0.1, 0.15) is 18.3 Å². The van der Waals surface area contributed by atoms with Crippen molar-refractivity contribution in [2.24, 2.45) is 0 Å². The van der Waals surface area contributed by atoms with Gasteiger partial charge >= 0.3 is 0 Å². The van der Waals surface area contributed by atoms with Gasteiger partial charge in [-0.2, -0.15) is 0 Å². The van der Waals surface area contributed by atoms with Crippen molar-refractivity contribution < 1.29 is 22.7 Å². The molecule has 42 heavy (non-hydrogen) atoms. The predicted molar refractivity (Wildman–Crippen MR) is 170 cm³/mol. The molecule has 0 aromatic heterocycles. The van der Waals surface area contributed by atoms with E-state index in [9.17, 15) is 18.0 Å². The second kappa shape index (κ2) is 14.6. The van der Waals surface area contributed by atoms with Crippen LogP contribution in [-0.2, 0) is 26.0 Å². The number of nitrogens with zero attached hydrogens (tertiary/aromatic N) is 2. The molecule has 3 aromatic carbocycles. The van der Waals surface area contributed by atoms with Gasteiger partial charge in [0, 0.05) is 17.0 Å². The zero-order valence-corrected chi connectivity index (χ0v) is 26.8. The lowest BCUT2D eigenvalue weighted by molar-refractivity contribution is -0.139. The highest BCUT2D eigenvalue weighted by molar-refractivity contribution is 7.98. The van der Waals surface area contributed by atoms with Crippen LogP contribution in [0.2, 0.25) is 0 Å². The fraction of sp³-hybridized carbons (Fsp3) is 0.375. The number of thioether (sulfide) groups is 1. The van der Waals surface area contributed by atoms with Crippen molar-refractivity contribution in [3.8, 4) is 5.75 Å². The normalized spacial score (nSPS) is 12.3. The summed E-state index contributed by atoms with van der Waals surface area (Å²) in [6.07, 6.45) is 2.41. The zero-order chi connectivity index (χ0) is 30.9. The van der Waals surface area contributed by atoms with Crippen molar-refractivity contribution in [3.63, 3.8) is 0 Å². The molecule has 0 saturated carbocycles. The van der Waals surface area contributed by atoms with Crippen LogP contribution in [0.5, 0.6) is 5.75 Å². The summed E-state index contributed by atoms with van der Waals surface area (Å²) in [5, 5.41) is 2.94. The van der Waals surface area contributed by atoms with E-state index in [2.05, 4.69) is 5.32 Å². The minimum Gasteiger partial charge on any atom is -0.492 e. The second-order valence-electron chi connectivity index (χ2n) is 10.8.